The van der Waals surface area contributed by atoms with Crippen LogP contribution in [0.1, 0.15) is 52.0 Å². The molecular formula is C19H31ClN2O. The predicted octanol–water partition coefficient (Wildman–Crippen LogP) is 3.67. The first kappa shape index (κ1) is 20.0. The number of hydrogen-bond donors (Lipinski definition) is 2. The lowest BCUT2D eigenvalue weighted by molar-refractivity contribution is -0.127. The Morgan fingerprint density at radius 1 is 1.17 bits per heavy atom. The molecule has 0 atom stereocenters. The molecule has 1 saturated heterocycles. The quantitative estimate of drug-likeness (QED) is 0.830. The van der Waals surface area contributed by atoms with Crippen LogP contribution in [0.4, 0.5) is 0 Å². The first-order chi connectivity index (χ1) is 10.6. The van der Waals surface area contributed by atoms with Crippen molar-refractivity contribution in [3.05, 3.63) is 35.9 Å². The zero-order valence-corrected chi connectivity index (χ0v) is 15.5. The van der Waals surface area contributed by atoms with E-state index < -0.39 is 5.41 Å². The molecule has 2 rings (SSSR count). The number of carbonyl (C=O) groups excluding carboxylic acids is 1. The second-order valence-corrected chi connectivity index (χ2v) is 6.90. The van der Waals surface area contributed by atoms with Crippen molar-refractivity contribution >= 4 is 18.3 Å². The summed E-state index contributed by atoms with van der Waals surface area (Å²) in [6, 6.07) is 10.2. The van der Waals surface area contributed by atoms with Crippen molar-refractivity contribution in [1.29, 1.82) is 0 Å². The van der Waals surface area contributed by atoms with E-state index in [2.05, 4.69) is 43.5 Å². The number of carbonyl (C=O) groups is 1. The maximum absolute atomic E-state index is 13.0. The molecule has 0 spiro atoms. The van der Waals surface area contributed by atoms with Gasteiger partial charge in [-0.2, -0.15) is 0 Å². The minimum Gasteiger partial charge on any atom is -0.355 e. The molecule has 1 aliphatic heterocycles. The molecular weight excluding hydrogens is 308 g/mol. The molecule has 0 saturated carbocycles. The van der Waals surface area contributed by atoms with Gasteiger partial charge in [-0.25, -0.2) is 0 Å². The lowest BCUT2D eigenvalue weighted by atomic mass is 9.74. The van der Waals surface area contributed by atoms with Crippen LogP contribution in [0.5, 0.6) is 0 Å². The molecule has 0 unspecified atom stereocenters. The number of hydrogen-bond acceptors (Lipinski definition) is 2. The molecule has 2 N–H and O–H groups in total. The van der Waals surface area contributed by atoms with Crippen molar-refractivity contribution in [2.45, 2.75) is 51.9 Å². The van der Waals surface area contributed by atoms with E-state index in [4.69, 9.17) is 0 Å². The smallest absolute Gasteiger partial charge is 0.230 e. The van der Waals surface area contributed by atoms with Crippen LogP contribution >= 0.6 is 12.4 Å². The summed E-state index contributed by atoms with van der Waals surface area (Å²) in [4.78, 5) is 13.0. The van der Waals surface area contributed by atoms with E-state index in [9.17, 15) is 4.79 Å². The Hall–Kier alpha value is -1.06. The highest BCUT2D eigenvalue weighted by Crippen LogP contribution is 2.33. The summed E-state index contributed by atoms with van der Waals surface area (Å²) >= 11 is 0. The van der Waals surface area contributed by atoms with Crippen molar-refractivity contribution in [1.82, 2.24) is 10.6 Å². The minimum absolute atomic E-state index is 0. The molecule has 3 nitrogen and oxygen atoms in total. The van der Waals surface area contributed by atoms with Gasteiger partial charge in [0.25, 0.3) is 0 Å². The van der Waals surface area contributed by atoms with E-state index in [0.717, 1.165) is 50.9 Å². The third-order valence-electron chi connectivity index (χ3n) is 5.45. The van der Waals surface area contributed by atoms with Gasteiger partial charge in [0.05, 0.1) is 5.41 Å². The summed E-state index contributed by atoms with van der Waals surface area (Å²) in [5.74, 6) is 0.184. The van der Waals surface area contributed by atoms with Gasteiger partial charge in [-0.1, -0.05) is 51.1 Å². The first-order valence-electron chi connectivity index (χ1n) is 8.61. The van der Waals surface area contributed by atoms with Crippen LogP contribution in [0.2, 0.25) is 0 Å². The molecule has 0 aromatic heterocycles. The van der Waals surface area contributed by atoms with Crippen molar-refractivity contribution in [3.8, 4) is 0 Å². The van der Waals surface area contributed by atoms with Gasteiger partial charge in [0.15, 0.2) is 0 Å². The highest BCUT2D eigenvalue weighted by atomic mass is 35.5. The molecule has 1 heterocycles. The Morgan fingerprint density at radius 3 is 2.26 bits per heavy atom. The predicted molar refractivity (Wildman–Crippen MR) is 99.2 cm³/mol. The van der Waals surface area contributed by atoms with Crippen LogP contribution in [-0.2, 0) is 10.2 Å². The summed E-state index contributed by atoms with van der Waals surface area (Å²) in [7, 11) is 0. The van der Waals surface area contributed by atoms with Crippen LogP contribution < -0.4 is 10.6 Å². The largest absolute Gasteiger partial charge is 0.355 e. The summed E-state index contributed by atoms with van der Waals surface area (Å²) in [5.41, 5.74) is 0.961. The lowest BCUT2D eigenvalue weighted by Crippen LogP contribution is -2.49. The molecule has 1 aliphatic rings. The van der Waals surface area contributed by atoms with Gasteiger partial charge in [-0.15, -0.1) is 12.4 Å². The standard InChI is InChI=1S/C19H30N2O.ClH/c1-4-19(5-2,16-9-7-6-8-10-16)17(22)21-15-18(3)11-13-20-14-12-18;/h6-10,20H,4-5,11-15H2,1-3H3,(H,21,22);1H. The molecule has 23 heavy (non-hydrogen) atoms. The number of rotatable bonds is 6. The number of halogens is 1. The highest BCUT2D eigenvalue weighted by molar-refractivity contribution is 5.88. The van der Waals surface area contributed by atoms with Gasteiger partial charge in [-0.3, -0.25) is 4.79 Å². The fourth-order valence-corrected chi connectivity index (χ4v) is 3.54. The SMILES string of the molecule is CCC(CC)(C(=O)NCC1(C)CCNCC1)c1ccccc1.Cl. The van der Waals surface area contributed by atoms with Crippen molar-refractivity contribution in [3.63, 3.8) is 0 Å². The van der Waals surface area contributed by atoms with Gasteiger partial charge in [-0.05, 0) is 49.8 Å². The summed E-state index contributed by atoms with van der Waals surface area (Å²) < 4.78 is 0. The van der Waals surface area contributed by atoms with Crippen LogP contribution in [0, 0.1) is 5.41 Å². The molecule has 130 valence electrons. The van der Waals surface area contributed by atoms with E-state index in [1.165, 1.54) is 0 Å². The van der Waals surface area contributed by atoms with E-state index in [1.807, 2.05) is 18.2 Å². The van der Waals surface area contributed by atoms with Crippen LogP contribution in [0.3, 0.4) is 0 Å². The van der Waals surface area contributed by atoms with Crippen molar-refractivity contribution < 1.29 is 4.79 Å². The van der Waals surface area contributed by atoms with Crippen LogP contribution in [0.25, 0.3) is 0 Å². The highest BCUT2D eigenvalue weighted by Gasteiger charge is 2.37. The average Bonchev–Trinajstić information content (AvgIpc) is 2.56. The second-order valence-electron chi connectivity index (χ2n) is 6.90. The van der Waals surface area contributed by atoms with Crippen LogP contribution in [-0.4, -0.2) is 25.5 Å². The minimum atomic E-state index is -0.398. The number of nitrogens with one attached hydrogen (secondary N) is 2. The van der Waals surface area contributed by atoms with E-state index in [-0.39, 0.29) is 23.7 Å². The molecule has 0 bridgehead atoms. The maximum Gasteiger partial charge on any atom is 0.230 e. The topological polar surface area (TPSA) is 41.1 Å². The lowest BCUT2D eigenvalue weighted by Gasteiger charge is -2.37. The van der Waals surface area contributed by atoms with E-state index in [1.54, 1.807) is 0 Å². The summed E-state index contributed by atoms with van der Waals surface area (Å²) in [6.07, 6.45) is 3.92. The Kier molecular flexibility index (Phi) is 7.56. The Morgan fingerprint density at radius 2 is 1.74 bits per heavy atom. The van der Waals surface area contributed by atoms with Gasteiger partial charge in [0, 0.05) is 6.54 Å². The third-order valence-corrected chi connectivity index (χ3v) is 5.45. The third kappa shape index (κ3) is 4.48. The molecule has 0 radical (unpaired) electrons. The van der Waals surface area contributed by atoms with E-state index in [0.29, 0.717) is 0 Å². The van der Waals surface area contributed by atoms with Gasteiger partial charge in [0.1, 0.15) is 0 Å². The van der Waals surface area contributed by atoms with Gasteiger partial charge >= 0.3 is 0 Å². The number of benzene rings is 1. The fourth-order valence-electron chi connectivity index (χ4n) is 3.54. The number of piperidine rings is 1. The van der Waals surface area contributed by atoms with Crippen LogP contribution in [0.15, 0.2) is 30.3 Å². The molecule has 4 heteroatoms. The second kappa shape index (κ2) is 8.70. The van der Waals surface area contributed by atoms with E-state index >= 15 is 0 Å². The molecule has 1 aromatic carbocycles. The van der Waals surface area contributed by atoms with Crippen molar-refractivity contribution in [2.75, 3.05) is 19.6 Å². The van der Waals surface area contributed by atoms with Gasteiger partial charge in [0.2, 0.25) is 5.91 Å². The zero-order valence-electron chi connectivity index (χ0n) is 14.7. The fraction of sp³-hybridized carbons (Fsp3) is 0.632. The van der Waals surface area contributed by atoms with Gasteiger partial charge < -0.3 is 10.6 Å². The normalized spacial score (nSPS) is 17.2. The molecule has 0 aliphatic carbocycles. The summed E-state index contributed by atoms with van der Waals surface area (Å²) in [5, 5.41) is 6.66. The van der Waals surface area contributed by atoms with Crippen molar-refractivity contribution in [2.24, 2.45) is 5.41 Å². The monoisotopic (exact) mass is 338 g/mol. The average molecular weight is 339 g/mol. The first-order valence-corrected chi connectivity index (χ1v) is 8.61. The number of amides is 1. The maximum atomic E-state index is 13.0. The molecule has 1 amide bonds. The Bertz CT molecular complexity index is 479. The summed E-state index contributed by atoms with van der Waals surface area (Å²) in [6.45, 7) is 9.40. The Balaban J connectivity index is 0.00000264. The Labute approximate surface area is 147 Å². The molecule has 1 fully saturated rings. The molecule has 1 aromatic rings. The zero-order chi connectivity index (χ0) is 16.1.